The number of ether oxygens (including phenoxy) is 1. The molecule has 18 heavy (non-hydrogen) atoms. The first-order valence-electron chi connectivity index (χ1n) is 5.34. The molecule has 0 amide bonds. The fourth-order valence-corrected chi connectivity index (χ4v) is 1.74. The lowest BCUT2D eigenvalue weighted by Gasteiger charge is -2.02. The van der Waals surface area contributed by atoms with Gasteiger partial charge in [-0.25, -0.2) is 4.79 Å². The Labute approximate surface area is 110 Å². The molecule has 1 aromatic carbocycles. The summed E-state index contributed by atoms with van der Waals surface area (Å²) in [7, 11) is 1.31. The first kappa shape index (κ1) is 12.5. The molecular weight excluding hydrogens is 252 g/mol. The van der Waals surface area contributed by atoms with Crippen molar-refractivity contribution in [3.63, 3.8) is 0 Å². The van der Waals surface area contributed by atoms with Crippen molar-refractivity contribution < 1.29 is 9.53 Å². The maximum absolute atomic E-state index is 11.2. The summed E-state index contributed by atoms with van der Waals surface area (Å²) in [5, 5.41) is 8.48. The number of esters is 1. The molecule has 2 aromatic rings. The average Bonchev–Trinajstić information content (AvgIpc) is 2.39. The molecule has 0 spiro atoms. The van der Waals surface area contributed by atoms with Crippen molar-refractivity contribution in [1.29, 1.82) is 0 Å². The zero-order chi connectivity index (χ0) is 13.0. The van der Waals surface area contributed by atoms with E-state index in [9.17, 15) is 4.79 Å². The lowest BCUT2D eigenvalue weighted by Crippen LogP contribution is -2.06. The first-order chi connectivity index (χ1) is 8.69. The van der Waals surface area contributed by atoms with Crippen molar-refractivity contribution in [2.45, 2.75) is 6.42 Å². The van der Waals surface area contributed by atoms with Crippen LogP contribution in [-0.4, -0.2) is 23.3 Å². The van der Waals surface area contributed by atoms with Gasteiger partial charge in [0.05, 0.1) is 12.8 Å². The third-order valence-electron chi connectivity index (χ3n) is 2.39. The van der Waals surface area contributed by atoms with E-state index in [1.165, 1.54) is 7.11 Å². The molecule has 1 heterocycles. The third kappa shape index (κ3) is 3.05. The number of hydrogen-bond acceptors (Lipinski definition) is 4. The van der Waals surface area contributed by atoms with E-state index in [0.717, 1.165) is 11.3 Å². The zero-order valence-electron chi connectivity index (χ0n) is 9.76. The fraction of sp³-hybridized carbons (Fsp3) is 0.154. The van der Waals surface area contributed by atoms with Crippen LogP contribution in [0.1, 0.15) is 21.7 Å². The van der Waals surface area contributed by atoms with Crippen molar-refractivity contribution in [3.05, 3.63) is 58.4 Å². The zero-order valence-corrected chi connectivity index (χ0v) is 10.5. The van der Waals surface area contributed by atoms with Gasteiger partial charge in [-0.1, -0.05) is 23.7 Å². The number of methoxy groups -OCH3 is 1. The van der Waals surface area contributed by atoms with Gasteiger partial charge in [0, 0.05) is 11.4 Å². The highest BCUT2D eigenvalue weighted by molar-refractivity contribution is 6.30. The van der Waals surface area contributed by atoms with Crippen molar-refractivity contribution >= 4 is 17.6 Å². The van der Waals surface area contributed by atoms with Gasteiger partial charge in [-0.05, 0) is 29.8 Å². The third-order valence-corrected chi connectivity index (χ3v) is 2.62. The van der Waals surface area contributed by atoms with Gasteiger partial charge in [0.15, 0.2) is 5.69 Å². The molecule has 0 N–H and O–H groups in total. The van der Waals surface area contributed by atoms with Gasteiger partial charge in [-0.3, -0.25) is 0 Å². The van der Waals surface area contributed by atoms with Gasteiger partial charge in [-0.15, -0.1) is 5.10 Å². The predicted octanol–water partition coefficient (Wildman–Crippen LogP) is 2.51. The highest BCUT2D eigenvalue weighted by atomic mass is 35.5. The van der Waals surface area contributed by atoms with E-state index in [0.29, 0.717) is 11.4 Å². The first-order valence-corrected chi connectivity index (χ1v) is 5.72. The maximum Gasteiger partial charge on any atom is 0.358 e. The lowest BCUT2D eigenvalue weighted by atomic mass is 10.1. The molecule has 0 saturated heterocycles. The second kappa shape index (κ2) is 5.60. The van der Waals surface area contributed by atoms with Crippen molar-refractivity contribution in [2.24, 2.45) is 0 Å². The lowest BCUT2D eigenvalue weighted by molar-refractivity contribution is 0.0592. The van der Waals surface area contributed by atoms with E-state index in [1.54, 1.807) is 12.1 Å². The van der Waals surface area contributed by atoms with Gasteiger partial charge < -0.3 is 4.74 Å². The van der Waals surface area contributed by atoms with Gasteiger partial charge >= 0.3 is 5.97 Å². The van der Waals surface area contributed by atoms with Crippen LogP contribution in [0.25, 0.3) is 0 Å². The molecule has 2 rings (SSSR count). The molecule has 0 fully saturated rings. The summed E-state index contributed by atoms with van der Waals surface area (Å²) in [6, 6.07) is 10.9. The maximum atomic E-state index is 11.2. The second-order valence-corrected chi connectivity index (χ2v) is 4.14. The van der Waals surface area contributed by atoms with Crippen molar-refractivity contribution in [2.75, 3.05) is 7.11 Å². The SMILES string of the molecule is COC(=O)c1ccc(Cc2cccc(Cl)c2)nn1. The summed E-state index contributed by atoms with van der Waals surface area (Å²) in [4.78, 5) is 11.2. The number of carbonyl (C=O) groups excluding carboxylic acids is 1. The van der Waals surface area contributed by atoms with Crippen LogP contribution >= 0.6 is 11.6 Å². The summed E-state index contributed by atoms with van der Waals surface area (Å²) in [6.07, 6.45) is 0.620. The van der Waals surface area contributed by atoms with E-state index < -0.39 is 5.97 Å². The number of hydrogen-bond donors (Lipinski definition) is 0. The highest BCUT2D eigenvalue weighted by Gasteiger charge is 2.07. The molecule has 0 aliphatic rings. The Bertz CT molecular complexity index is 555. The molecular formula is C13H11ClN2O2. The minimum Gasteiger partial charge on any atom is -0.464 e. The van der Waals surface area contributed by atoms with Crippen LogP contribution in [0.15, 0.2) is 36.4 Å². The van der Waals surface area contributed by atoms with Crippen LogP contribution in [0, 0.1) is 0 Å². The largest absolute Gasteiger partial charge is 0.464 e. The second-order valence-electron chi connectivity index (χ2n) is 3.71. The van der Waals surface area contributed by atoms with Gasteiger partial charge in [-0.2, -0.15) is 5.10 Å². The van der Waals surface area contributed by atoms with E-state index in [2.05, 4.69) is 14.9 Å². The highest BCUT2D eigenvalue weighted by Crippen LogP contribution is 2.13. The van der Waals surface area contributed by atoms with Gasteiger partial charge in [0.25, 0.3) is 0 Å². The summed E-state index contributed by atoms with van der Waals surface area (Å²) in [5.74, 6) is -0.489. The van der Waals surface area contributed by atoms with E-state index in [-0.39, 0.29) is 5.69 Å². The molecule has 0 atom stereocenters. The number of benzene rings is 1. The number of aromatic nitrogens is 2. The quantitative estimate of drug-likeness (QED) is 0.798. The van der Waals surface area contributed by atoms with Crippen molar-refractivity contribution in [3.8, 4) is 0 Å². The van der Waals surface area contributed by atoms with Crippen LogP contribution < -0.4 is 0 Å². The molecule has 5 heteroatoms. The Morgan fingerprint density at radius 3 is 2.72 bits per heavy atom. The summed E-state index contributed by atoms with van der Waals surface area (Å²) >= 11 is 5.90. The van der Waals surface area contributed by atoms with E-state index >= 15 is 0 Å². The predicted molar refractivity (Wildman–Crippen MR) is 67.6 cm³/mol. The Morgan fingerprint density at radius 1 is 1.28 bits per heavy atom. The fourth-order valence-electron chi connectivity index (χ4n) is 1.52. The topological polar surface area (TPSA) is 52.1 Å². The monoisotopic (exact) mass is 262 g/mol. The number of rotatable bonds is 3. The summed E-state index contributed by atoms with van der Waals surface area (Å²) in [6.45, 7) is 0. The van der Waals surface area contributed by atoms with Crippen LogP contribution in [0.3, 0.4) is 0 Å². The Hall–Kier alpha value is -1.94. The Kier molecular flexibility index (Phi) is 3.89. The number of nitrogens with zero attached hydrogens (tertiary/aromatic N) is 2. The van der Waals surface area contributed by atoms with Gasteiger partial charge in [0.2, 0.25) is 0 Å². The molecule has 0 radical (unpaired) electrons. The molecule has 0 aliphatic carbocycles. The Balaban J connectivity index is 2.13. The van der Waals surface area contributed by atoms with Crippen molar-refractivity contribution in [1.82, 2.24) is 10.2 Å². The summed E-state index contributed by atoms with van der Waals surface area (Å²) in [5.41, 5.74) is 2.01. The average molecular weight is 263 g/mol. The number of carbonyl (C=O) groups is 1. The van der Waals surface area contributed by atoms with E-state index in [1.807, 2.05) is 24.3 Å². The standard InChI is InChI=1S/C13H11ClN2O2/c1-18-13(17)12-6-5-11(15-16-12)8-9-3-2-4-10(14)7-9/h2-7H,8H2,1H3. The van der Waals surface area contributed by atoms with Crippen LogP contribution in [-0.2, 0) is 11.2 Å². The molecule has 0 bridgehead atoms. The van der Waals surface area contributed by atoms with Crippen LogP contribution in [0.2, 0.25) is 5.02 Å². The molecule has 0 unspecified atom stereocenters. The van der Waals surface area contributed by atoms with Crippen LogP contribution in [0.4, 0.5) is 0 Å². The normalized spacial score (nSPS) is 10.1. The Morgan fingerprint density at radius 2 is 2.11 bits per heavy atom. The summed E-state index contributed by atoms with van der Waals surface area (Å²) < 4.78 is 4.55. The van der Waals surface area contributed by atoms with Gasteiger partial charge in [0.1, 0.15) is 0 Å². The molecule has 92 valence electrons. The van der Waals surface area contributed by atoms with E-state index in [4.69, 9.17) is 11.6 Å². The molecule has 0 saturated carbocycles. The molecule has 0 aliphatic heterocycles. The minimum atomic E-state index is -0.489. The number of halogens is 1. The molecule has 4 nitrogen and oxygen atoms in total. The molecule has 1 aromatic heterocycles. The smallest absolute Gasteiger partial charge is 0.358 e. The minimum absolute atomic E-state index is 0.201. The van der Waals surface area contributed by atoms with Crippen LogP contribution in [0.5, 0.6) is 0 Å².